The maximum atomic E-state index is 7.75. The fraction of sp³-hybridized carbons (Fsp3) is 0.444. The fourth-order valence-corrected chi connectivity index (χ4v) is 10.6. The number of nitrogens with zero attached hydrogens (tertiary/aromatic N) is 4. The molecule has 9 heteroatoms. The summed E-state index contributed by atoms with van der Waals surface area (Å²) in [6.07, 6.45) is 2.21. The number of anilines is 1. The minimum absolute atomic E-state index is 0.0834. The van der Waals surface area contributed by atoms with Gasteiger partial charge in [0.2, 0.25) is 16.5 Å². The number of hydrogen-bond acceptors (Lipinski definition) is 6. The van der Waals surface area contributed by atoms with Crippen molar-refractivity contribution in [2.75, 3.05) is 31.2 Å². The Labute approximate surface area is 224 Å². The van der Waals surface area contributed by atoms with Gasteiger partial charge in [-0.2, -0.15) is 15.0 Å². The summed E-state index contributed by atoms with van der Waals surface area (Å²) >= 11 is 12.3. The third-order valence-corrected chi connectivity index (χ3v) is 12.7. The molecular formula is C27H32Cl2N4O2Si. The molecule has 6 nitrogen and oxygen atoms in total. The lowest BCUT2D eigenvalue weighted by molar-refractivity contribution is -0.0290. The van der Waals surface area contributed by atoms with Gasteiger partial charge < -0.3 is 14.1 Å². The highest BCUT2D eigenvalue weighted by Crippen LogP contribution is 2.48. The molecule has 0 spiro atoms. The zero-order valence-corrected chi connectivity index (χ0v) is 23.5. The van der Waals surface area contributed by atoms with Gasteiger partial charge >= 0.3 is 0 Å². The van der Waals surface area contributed by atoms with Crippen molar-refractivity contribution in [2.45, 2.75) is 44.3 Å². The van der Waals surface area contributed by atoms with Gasteiger partial charge in [0.25, 0.3) is 8.32 Å². The van der Waals surface area contributed by atoms with Gasteiger partial charge in [0.15, 0.2) is 0 Å². The predicted molar refractivity (Wildman–Crippen MR) is 147 cm³/mol. The molecule has 36 heavy (non-hydrogen) atoms. The van der Waals surface area contributed by atoms with Crippen molar-refractivity contribution in [3.8, 4) is 0 Å². The zero-order chi connectivity index (χ0) is 25.4. The van der Waals surface area contributed by atoms with Crippen LogP contribution in [0.1, 0.15) is 33.6 Å². The largest absolute Gasteiger partial charge is 0.397 e. The van der Waals surface area contributed by atoms with E-state index in [2.05, 4.69) is 101 Å². The number of ether oxygens (including phenoxy) is 1. The average Bonchev–Trinajstić information content (AvgIpc) is 3.70. The average molecular weight is 544 g/mol. The molecule has 0 bridgehead atoms. The highest BCUT2D eigenvalue weighted by molar-refractivity contribution is 6.99. The second kappa shape index (κ2) is 10.0. The van der Waals surface area contributed by atoms with Crippen LogP contribution in [-0.4, -0.2) is 55.2 Å². The van der Waals surface area contributed by atoms with Gasteiger partial charge in [0, 0.05) is 6.54 Å². The van der Waals surface area contributed by atoms with Gasteiger partial charge in [-0.1, -0.05) is 81.4 Å². The van der Waals surface area contributed by atoms with E-state index in [4.69, 9.17) is 32.4 Å². The van der Waals surface area contributed by atoms with Gasteiger partial charge in [-0.15, -0.1) is 0 Å². The molecule has 0 unspecified atom stereocenters. The van der Waals surface area contributed by atoms with Crippen molar-refractivity contribution in [1.82, 2.24) is 15.0 Å². The lowest BCUT2D eigenvalue weighted by Gasteiger charge is -2.50. The molecule has 1 atom stereocenters. The summed E-state index contributed by atoms with van der Waals surface area (Å²) in [4.78, 5) is 14.8. The molecule has 5 rings (SSSR count). The third kappa shape index (κ3) is 4.92. The van der Waals surface area contributed by atoms with E-state index in [1.807, 2.05) is 0 Å². The number of aromatic nitrogens is 3. The lowest BCUT2D eigenvalue weighted by Crippen LogP contribution is -2.71. The van der Waals surface area contributed by atoms with Gasteiger partial charge in [-0.25, -0.2) is 0 Å². The van der Waals surface area contributed by atoms with Crippen LogP contribution in [0.15, 0.2) is 60.7 Å². The summed E-state index contributed by atoms with van der Waals surface area (Å²) < 4.78 is 14.0. The molecule has 0 amide bonds. The van der Waals surface area contributed by atoms with Crippen molar-refractivity contribution in [3.63, 3.8) is 0 Å². The molecule has 1 saturated heterocycles. The van der Waals surface area contributed by atoms with Crippen molar-refractivity contribution in [1.29, 1.82) is 0 Å². The normalized spacial score (nSPS) is 21.3. The standard InChI is InChI=1S/C27H32Cl2N4O2Si/c1-26(2,3)36(21-10-6-4-7-11-21,22-12-8-5-9-13-22)35-27(20-14-15-20)18-33(16-17-34-19-27)25-31-23(28)30-24(29)32-25/h4-13,20H,14-19H2,1-3H3/t27-/m1/s1. The molecule has 2 fully saturated rings. The first kappa shape index (κ1) is 25.6. The molecule has 0 N–H and O–H groups in total. The Morgan fingerprint density at radius 1 is 0.917 bits per heavy atom. The Morgan fingerprint density at radius 2 is 1.47 bits per heavy atom. The van der Waals surface area contributed by atoms with E-state index in [0.29, 0.717) is 38.2 Å². The van der Waals surface area contributed by atoms with Gasteiger partial charge in [0.1, 0.15) is 5.60 Å². The first-order chi connectivity index (χ1) is 17.2. The maximum Gasteiger partial charge on any atom is 0.262 e. The Balaban J connectivity index is 1.65. The summed E-state index contributed by atoms with van der Waals surface area (Å²) in [5.41, 5.74) is -0.534. The molecule has 3 aromatic rings. The number of hydrogen-bond donors (Lipinski definition) is 0. The molecule has 190 valence electrons. The highest BCUT2D eigenvalue weighted by Gasteiger charge is 2.59. The van der Waals surface area contributed by atoms with E-state index in [1.165, 1.54) is 10.4 Å². The smallest absolute Gasteiger partial charge is 0.262 e. The monoisotopic (exact) mass is 542 g/mol. The Morgan fingerprint density at radius 3 is 1.97 bits per heavy atom. The van der Waals surface area contributed by atoms with Crippen LogP contribution in [0.2, 0.25) is 15.6 Å². The van der Waals surface area contributed by atoms with Gasteiger partial charge in [-0.05, 0) is 57.4 Å². The van der Waals surface area contributed by atoms with Crippen LogP contribution in [0.5, 0.6) is 0 Å². The number of rotatable bonds is 6. The third-order valence-electron chi connectivity index (χ3n) is 7.26. The van der Waals surface area contributed by atoms with Crippen molar-refractivity contribution >= 4 is 47.8 Å². The number of benzene rings is 2. The molecule has 0 radical (unpaired) electrons. The van der Waals surface area contributed by atoms with E-state index in [9.17, 15) is 0 Å². The SMILES string of the molecule is CC(C)(C)[Si](O[C@@]1(C2CC2)COCCN(c2nc(Cl)nc(Cl)n2)C1)(c1ccccc1)c1ccccc1. The topological polar surface area (TPSA) is 60.4 Å². The van der Waals surface area contributed by atoms with E-state index in [-0.39, 0.29) is 15.6 Å². The molecule has 1 aliphatic heterocycles. The first-order valence-electron chi connectivity index (χ1n) is 12.4. The van der Waals surface area contributed by atoms with Crippen LogP contribution >= 0.6 is 23.2 Å². The van der Waals surface area contributed by atoms with E-state index in [1.54, 1.807) is 0 Å². The number of halogens is 2. The Bertz CT molecular complexity index is 1130. The molecule has 2 aliphatic rings. The van der Waals surface area contributed by atoms with Crippen LogP contribution in [0.3, 0.4) is 0 Å². The van der Waals surface area contributed by atoms with Crippen LogP contribution in [-0.2, 0) is 9.16 Å². The van der Waals surface area contributed by atoms with E-state index < -0.39 is 13.9 Å². The van der Waals surface area contributed by atoms with Gasteiger partial charge in [0.05, 0.1) is 19.8 Å². The van der Waals surface area contributed by atoms with E-state index >= 15 is 0 Å². The Kier molecular flexibility index (Phi) is 7.13. The minimum Gasteiger partial charge on any atom is -0.397 e. The van der Waals surface area contributed by atoms with E-state index in [0.717, 1.165) is 12.8 Å². The Hall–Kier alpha value is -2.03. The van der Waals surface area contributed by atoms with Crippen molar-refractivity contribution in [2.24, 2.45) is 5.92 Å². The molecule has 1 aromatic heterocycles. The molecule has 2 aromatic carbocycles. The molecular weight excluding hydrogens is 511 g/mol. The fourth-order valence-electron chi connectivity index (χ4n) is 5.45. The van der Waals surface area contributed by atoms with Crippen LogP contribution < -0.4 is 15.3 Å². The van der Waals surface area contributed by atoms with Crippen molar-refractivity contribution < 1.29 is 9.16 Å². The quantitative estimate of drug-likeness (QED) is 0.419. The lowest BCUT2D eigenvalue weighted by atomic mass is 9.98. The summed E-state index contributed by atoms with van der Waals surface area (Å²) in [7, 11) is -2.82. The second-order valence-electron chi connectivity index (χ2n) is 10.8. The summed E-state index contributed by atoms with van der Waals surface area (Å²) in [5, 5.41) is 2.53. The second-order valence-corrected chi connectivity index (χ2v) is 15.6. The molecule has 1 aliphatic carbocycles. The minimum atomic E-state index is -2.82. The molecule has 2 heterocycles. The first-order valence-corrected chi connectivity index (χ1v) is 15.1. The van der Waals surface area contributed by atoms with Gasteiger partial charge in [-0.3, -0.25) is 0 Å². The molecule has 1 saturated carbocycles. The highest BCUT2D eigenvalue weighted by atomic mass is 35.5. The summed E-state index contributed by atoms with van der Waals surface area (Å²) in [6, 6.07) is 21.5. The van der Waals surface area contributed by atoms with Crippen LogP contribution in [0, 0.1) is 5.92 Å². The summed E-state index contributed by atoms with van der Waals surface area (Å²) in [5.74, 6) is 0.842. The van der Waals surface area contributed by atoms with Crippen LogP contribution in [0.25, 0.3) is 0 Å². The van der Waals surface area contributed by atoms with Crippen molar-refractivity contribution in [3.05, 3.63) is 71.2 Å². The summed E-state index contributed by atoms with van der Waals surface area (Å²) in [6.45, 7) is 9.20. The van der Waals surface area contributed by atoms with Crippen LogP contribution in [0.4, 0.5) is 5.95 Å². The maximum absolute atomic E-state index is 7.75. The predicted octanol–water partition coefficient (Wildman–Crippen LogP) is 4.74. The zero-order valence-electron chi connectivity index (χ0n) is 21.0.